The number of guanidine groups is 1. The summed E-state index contributed by atoms with van der Waals surface area (Å²) in [6.45, 7) is 4.70. The molecule has 0 aromatic carbocycles. The molecule has 4 N–H and O–H groups in total. The average molecular weight is 262 g/mol. The van der Waals surface area contributed by atoms with Crippen molar-refractivity contribution in [1.82, 2.24) is 9.88 Å². The van der Waals surface area contributed by atoms with Crippen molar-refractivity contribution in [2.24, 2.45) is 16.5 Å². The highest BCUT2D eigenvalue weighted by Crippen LogP contribution is 2.18. The summed E-state index contributed by atoms with van der Waals surface area (Å²) < 4.78 is 0. The van der Waals surface area contributed by atoms with Gasteiger partial charge in [0.25, 0.3) is 0 Å². The molecule has 1 aromatic heterocycles. The highest BCUT2D eigenvalue weighted by molar-refractivity contribution is 5.78. The molecule has 0 aliphatic carbocycles. The molecule has 1 amide bonds. The van der Waals surface area contributed by atoms with Crippen LogP contribution in [0, 0.1) is 0 Å². The first-order valence-corrected chi connectivity index (χ1v) is 6.12. The predicted molar refractivity (Wildman–Crippen MR) is 74.2 cm³/mol. The number of nitrogens with zero attached hydrogens (tertiary/aromatic N) is 4. The number of nitrogens with two attached hydrogens (primary N) is 2. The average Bonchev–Trinajstić information content (AvgIpc) is 2.39. The number of pyridine rings is 1. The van der Waals surface area contributed by atoms with Gasteiger partial charge in [0.2, 0.25) is 5.91 Å². The first-order valence-electron chi connectivity index (χ1n) is 6.12. The molecule has 0 unspecified atom stereocenters. The van der Waals surface area contributed by atoms with E-state index in [4.69, 9.17) is 11.5 Å². The Bertz CT molecular complexity index is 471. The van der Waals surface area contributed by atoms with Crippen LogP contribution in [0.15, 0.2) is 23.3 Å². The number of carbonyl (C=O) groups excluding carboxylic acids is 1. The van der Waals surface area contributed by atoms with E-state index in [9.17, 15) is 4.79 Å². The molecule has 2 heterocycles. The van der Waals surface area contributed by atoms with Crippen LogP contribution in [0.5, 0.6) is 0 Å². The van der Waals surface area contributed by atoms with Gasteiger partial charge in [-0.15, -0.1) is 0 Å². The Hall–Kier alpha value is -2.31. The normalized spacial score (nSPS) is 15.2. The van der Waals surface area contributed by atoms with Crippen LogP contribution in [0.2, 0.25) is 0 Å². The fourth-order valence-electron chi connectivity index (χ4n) is 2.04. The molecular formula is C12H18N6O. The number of hydrogen-bond donors (Lipinski definition) is 2. The number of anilines is 1. The fourth-order valence-corrected chi connectivity index (χ4v) is 2.04. The van der Waals surface area contributed by atoms with E-state index in [1.807, 2.05) is 11.0 Å². The van der Waals surface area contributed by atoms with Gasteiger partial charge < -0.3 is 21.3 Å². The third-order valence-electron chi connectivity index (χ3n) is 3.07. The smallest absolute Gasteiger partial charge is 0.219 e. The van der Waals surface area contributed by atoms with Gasteiger partial charge in [0.1, 0.15) is 0 Å². The quantitative estimate of drug-likeness (QED) is 0.560. The van der Waals surface area contributed by atoms with Crippen LogP contribution >= 0.6 is 0 Å². The van der Waals surface area contributed by atoms with E-state index in [1.54, 1.807) is 19.2 Å². The lowest BCUT2D eigenvalue weighted by Gasteiger charge is -2.35. The van der Waals surface area contributed by atoms with Crippen molar-refractivity contribution in [2.45, 2.75) is 6.92 Å². The lowest BCUT2D eigenvalue weighted by atomic mass is 10.2. The second-order valence-electron chi connectivity index (χ2n) is 4.40. The van der Waals surface area contributed by atoms with Crippen molar-refractivity contribution >= 4 is 23.4 Å². The van der Waals surface area contributed by atoms with E-state index in [2.05, 4.69) is 14.9 Å². The molecular weight excluding hydrogens is 244 g/mol. The molecule has 102 valence electrons. The van der Waals surface area contributed by atoms with Gasteiger partial charge in [0, 0.05) is 33.1 Å². The molecule has 0 atom stereocenters. The van der Waals surface area contributed by atoms with Gasteiger partial charge in [0.05, 0.1) is 11.9 Å². The molecule has 0 radical (unpaired) electrons. The van der Waals surface area contributed by atoms with E-state index in [1.165, 1.54) is 0 Å². The summed E-state index contributed by atoms with van der Waals surface area (Å²) in [7, 11) is 0. The summed E-state index contributed by atoms with van der Waals surface area (Å²) in [5.74, 6) is 0.613. The highest BCUT2D eigenvalue weighted by Gasteiger charge is 2.18. The van der Waals surface area contributed by atoms with E-state index in [0.717, 1.165) is 31.9 Å². The van der Waals surface area contributed by atoms with Crippen LogP contribution in [0.1, 0.15) is 6.92 Å². The molecule has 1 aliphatic rings. The zero-order valence-corrected chi connectivity index (χ0v) is 10.9. The van der Waals surface area contributed by atoms with Crippen molar-refractivity contribution in [3.8, 4) is 0 Å². The van der Waals surface area contributed by atoms with E-state index < -0.39 is 0 Å². The number of carbonyl (C=O) groups is 1. The van der Waals surface area contributed by atoms with Crippen LogP contribution in [0.25, 0.3) is 0 Å². The molecule has 1 aliphatic heterocycles. The Morgan fingerprint density at radius 3 is 2.42 bits per heavy atom. The number of aliphatic imine (C=N–C) groups is 1. The molecule has 0 saturated carbocycles. The molecule has 0 spiro atoms. The molecule has 2 rings (SSSR count). The summed E-state index contributed by atoms with van der Waals surface area (Å²) in [6.07, 6.45) is 1.74. The molecule has 7 nitrogen and oxygen atoms in total. The molecule has 1 fully saturated rings. The van der Waals surface area contributed by atoms with Gasteiger partial charge in [-0.2, -0.15) is 4.99 Å². The SMILES string of the molecule is CC(=O)N1CCN(c2ccc(N=C(N)N)nc2)CC1. The standard InChI is InChI=1S/C12H18N6O/c1-9(19)17-4-6-18(7-5-17)10-2-3-11(15-8-10)16-12(13)14/h2-3,8H,4-7H2,1H3,(H4,13,14,15,16). The highest BCUT2D eigenvalue weighted by atomic mass is 16.2. The maximum Gasteiger partial charge on any atom is 0.219 e. The van der Waals surface area contributed by atoms with Gasteiger partial charge in [0.15, 0.2) is 11.8 Å². The van der Waals surface area contributed by atoms with Gasteiger partial charge in [-0.05, 0) is 12.1 Å². The zero-order valence-electron chi connectivity index (χ0n) is 10.9. The number of piperazine rings is 1. The van der Waals surface area contributed by atoms with E-state index in [0.29, 0.717) is 5.82 Å². The summed E-state index contributed by atoms with van der Waals surface area (Å²) in [5.41, 5.74) is 11.6. The van der Waals surface area contributed by atoms with E-state index >= 15 is 0 Å². The Kier molecular flexibility index (Phi) is 3.84. The summed E-state index contributed by atoms with van der Waals surface area (Å²) >= 11 is 0. The van der Waals surface area contributed by atoms with Gasteiger partial charge in [-0.1, -0.05) is 0 Å². The Morgan fingerprint density at radius 2 is 1.95 bits per heavy atom. The van der Waals surface area contributed by atoms with Crippen LogP contribution in [-0.4, -0.2) is 47.9 Å². The van der Waals surface area contributed by atoms with Crippen LogP contribution in [-0.2, 0) is 4.79 Å². The molecule has 7 heteroatoms. The first-order chi connectivity index (χ1) is 9.06. The minimum absolute atomic E-state index is 0.00433. The molecule has 1 saturated heterocycles. The third-order valence-corrected chi connectivity index (χ3v) is 3.07. The summed E-state index contributed by atoms with van der Waals surface area (Å²) in [6, 6.07) is 3.70. The zero-order chi connectivity index (χ0) is 13.8. The molecule has 1 aromatic rings. The van der Waals surface area contributed by atoms with Gasteiger partial charge in [-0.25, -0.2) is 4.98 Å². The van der Waals surface area contributed by atoms with Crippen molar-refractivity contribution in [3.63, 3.8) is 0 Å². The van der Waals surface area contributed by atoms with Gasteiger partial charge >= 0.3 is 0 Å². The second-order valence-corrected chi connectivity index (χ2v) is 4.40. The van der Waals surface area contributed by atoms with Crippen molar-refractivity contribution < 1.29 is 4.79 Å². The number of hydrogen-bond acceptors (Lipinski definition) is 4. The summed E-state index contributed by atoms with van der Waals surface area (Å²) in [5, 5.41) is 0. The van der Waals surface area contributed by atoms with Crippen molar-refractivity contribution in [1.29, 1.82) is 0 Å². The Balaban J connectivity index is 2.00. The monoisotopic (exact) mass is 262 g/mol. The predicted octanol–water partition coefficient (Wildman–Crippen LogP) is -0.345. The lowest BCUT2D eigenvalue weighted by molar-refractivity contribution is -0.129. The minimum atomic E-state index is -0.00433. The lowest BCUT2D eigenvalue weighted by Crippen LogP contribution is -2.48. The fraction of sp³-hybridized carbons (Fsp3) is 0.417. The minimum Gasteiger partial charge on any atom is -0.370 e. The maximum absolute atomic E-state index is 11.2. The number of rotatable bonds is 2. The van der Waals surface area contributed by atoms with Crippen molar-refractivity contribution in [3.05, 3.63) is 18.3 Å². The van der Waals surface area contributed by atoms with Crippen LogP contribution in [0.4, 0.5) is 11.5 Å². The maximum atomic E-state index is 11.2. The van der Waals surface area contributed by atoms with Crippen LogP contribution in [0.3, 0.4) is 0 Å². The summed E-state index contributed by atoms with van der Waals surface area (Å²) in [4.78, 5) is 23.3. The van der Waals surface area contributed by atoms with Crippen molar-refractivity contribution in [2.75, 3.05) is 31.1 Å². The number of aromatic nitrogens is 1. The first kappa shape index (κ1) is 13.1. The second kappa shape index (κ2) is 5.55. The van der Waals surface area contributed by atoms with Gasteiger partial charge in [-0.3, -0.25) is 4.79 Å². The Morgan fingerprint density at radius 1 is 1.26 bits per heavy atom. The topological polar surface area (TPSA) is 101 Å². The largest absolute Gasteiger partial charge is 0.370 e. The number of amides is 1. The molecule has 19 heavy (non-hydrogen) atoms. The Labute approximate surface area is 111 Å². The third kappa shape index (κ3) is 3.34. The van der Waals surface area contributed by atoms with E-state index in [-0.39, 0.29) is 11.9 Å². The van der Waals surface area contributed by atoms with Crippen LogP contribution < -0.4 is 16.4 Å². The molecule has 0 bridgehead atoms.